The van der Waals surface area contributed by atoms with Crippen LogP contribution in [0.15, 0.2) is 18.2 Å². The van der Waals surface area contributed by atoms with Gasteiger partial charge >= 0.3 is 0 Å². The van der Waals surface area contributed by atoms with E-state index in [-0.39, 0.29) is 5.60 Å². The summed E-state index contributed by atoms with van der Waals surface area (Å²) in [5.41, 5.74) is 2.55. The minimum Gasteiger partial charge on any atom is -0.487 e. The van der Waals surface area contributed by atoms with E-state index in [4.69, 9.17) is 9.47 Å². The third-order valence-electron chi connectivity index (χ3n) is 4.20. The number of rotatable bonds is 5. The number of benzene rings is 1. The van der Waals surface area contributed by atoms with Crippen LogP contribution in [-0.2, 0) is 17.7 Å². The maximum absolute atomic E-state index is 6.11. The van der Waals surface area contributed by atoms with Crippen LogP contribution >= 0.6 is 0 Å². The topological polar surface area (TPSA) is 33.7 Å². The summed E-state index contributed by atoms with van der Waals surface area (Å²) in [6, 6.07) is 6.49. The molecule has 116 valence electrons. The van der Waals surface area contributed by atoms with Gasteiger partial charge in [-0.25, -0.2) is 0 Å². The average Bonchev–Trinajstić information content (AvgIpc) is 2.79. The highest BCUT2D eigenvalue weighted by atomic mass is 16.5. The van der Waals surface area contributed by atoms with Crippen LogP contribution < -0.4 is 10.1 Å². The van der Waals surface area contributed by atoms with Crippen LogP contribution in [0.5, 0.6) is 5.75 Å². The van der Waals surface area contributed by atoms with E-state index in [2.05, 4.69) is 42.3 Å². The minimum absolute atomic E-state index is 0.0633. The van der Waals surface area contributed by atoms with E-state index in [1.165, 1.54) is 11.1 Å². The summed E-state index contributed by atoms with van der Waals surface area (Å²) in [6.07, 6.45) is 1.00. The van der Waals surface area contributed by atoms with Crippen molar-refractivity contribution in [1.82, 2.24) is 10.2 Å². The Bertz CT molecular complexity index is 482. The Hall–Kier alpha value is -1.10. The molecule has 1 aromatic rings. The number of hydrogen-bond donors (Lipinski definition) is 1. The van der Waals surface area contributed by atoms with Gasteiger partial charge in [0.05, 0.1) is 13.2 Å². The maximum atomic E-state index is 6.11. The number of para-hydroxylation sites is 1. The Morgan fingerprint density at radius 2 is 2.05 bits per heavy atom. The van der Waals surface area contributed by atoms with Crippen molar-refractivity contribution in [2.45, 2.75) is 32.4 Å². The molecular weight excluding hydrogens is 264 g/mol. The molecular formula is C17H26N2O2. The van der Waals surface area contributed by atoms with Crippen molar-refractivity contribution < 1.29 is 9.47 Å². The summed E-state index contributed by atoms with van der Waals surface area (Å²) in [5, 5.41) is 3.54. The molecule has 0 saturated carbocycles. The molecule has 1 saturated heterocycles. The van der Waals surface area contributed by atoms with Gasteiger partial charge in [-0.2, -0.15) is 0 Å². The molecule has 0 radical (unpaired) electrons. The molecule has 3 rings (SSSR count). The smallest absolute Gasteiger partial charge is 0.127 e. The van der Waals surface area contributed by atoms with Crippen molar-refractivity contribution in [2.24, 2.45) is 0 Å². The molecule has 1 fully saturated rings. The van der Waals surface area contributed by atoms with Crippen molar-refractivity contribution >= 4 is 0 Å². The van der Waals surface area contributed by atoms with Crippen LogP contribution in [0.1, 0.15) is 25.0 Å². The Kier molecular flexibility index (Phi) is 4.48. The molecule has 1 aromatic carbocycles. The monoisotopic (exact) mass is 290 g/mol. The molecule has 0 atom stereocenters. The highest BCUT2D eigenvalue weighted by Gasteiger charge is 2.31. The van der Waals surface area contributed by atoms with Crippen LogP contribution in [0.2, 0.25) is 0 Å². The normalized spacial score (nSPS) is 21.0. The van der Waals surface area contributed by atoms with Gasteiger partial charge in [0, 0.05) is 44.7 Å². The largest absolute Gasteiger partial charge is 0.487 e. The van der Waals surface area contributed by atoms with E-state index < -0.39 is 0 Å². The van der Waals surface area contributed by atoms with Gasteiger partial charge in [-0.05, 0) is 19.4 Å². The molecule has 4 nitrogen and oxygen atoms in total. The van der Waals surface area contributed by atoms with Gasteiger partial charge in [0.2, 0.25) is 0 Å². The first-order chi connectivity index (χ1) is 10.1. The quantitative estimate of drug-likeness (QED) is 0.839. The fraction of sp³-hybridized carbons (Fsp3) is 0.647. The molecule has 2 aliphatic rings. The number of ether oxygens (including phenoxy) is 2. The molecule has 0 spiro atoms. The predicted molar refractivity (Wildman–Crippen MR) is 83.8 cm³/mol. The van der Waals surface area contributed by atoms with Crippen molar-refractivity contribution in [3.63, 3.8) is 0 Å². The first-order valence-electron chi connectivity index (χ1n) is 7.95. The Labute approximate surface area is 127 Å². The van der Waals surface area contributed by atoms with E-state index in [0.29, 0.717) is 0 Å². The van der Waals surface area contributed by atoms with Crippen LogP contribution in [0.25, 0.3) is 0 Å². The second-order valence-corrected chi connectivity index (χ2v) is 6.57. The number of hydrogen-bond acceptors (Lipinski definition) is 4. The van der Waals surface area contributed by atoms with Gasteiger partial charge in [0.1, 0.15) is 11.4 Å². The molecule has 0 bridgehead atoms. The third kappa shape index (κ3) is 3.76. The summed E-state index contributed by atoms with van der Waals surface area (Å²) >= 11 is 0. The first kappa shape index (κ1) is 14.8. The SMILES string of the molecule is CC1(C)Cc2cccc(CNCCN3CCOCC3)c2O1. The summed E-state index contributed by atoms with van der Waals surface area (Å²) in [4.78, 5) is 2.45. The lowest BCUT2D eigenvalue weighted by Gasteiger charge is -2.26. The number of nitrogens with one attached hydrogen (secondary N) is 1. The Morgan fingerprint density at radius 1 is 1.24 bits per heavy atom. The van der Waals surface area contributed by atoms with Gasteiger partial charge in [-0.3, -0.25) is 4.90 Å². The maximum Gasteiger partial charge on any atom is 0.127 e. The molecule has 4 heteroatoms. The first-order valence-corrected chi connectivity index (χ1v) is 7.95. The fourth-order valence-electron chi connectivity index (χ4n) is 3.10. The van der Waals surface area contributed by atoms with Crippen molar-refractivity contribution in [3.05, 3.63) is 29.3 Å². The highest BCUT2D eigenvalue weighted by molar-refractivity contribution is 5.45. The molecule has 1 N–H and O–H groups in total. The van der Waals surface area contributed by atoms with Crippen molar-refractivity contribution in [1.29, 1.82) is 0 Å². The summed E-state index contributed by atoms with van der Waals surface area (Å²) in [6.45, 7) is 11.1. The highest BCUT2D eigenvalue weighted by Crippen LogP contribution is 2.37. The van der Waals surface area contributed by atoms with Crippen LogP contribution in [0.3, 0.4) is 0 Å². The molecule has 0 aliphatic carbocycles. The van der Waals surface area contributed by atoms with Crippen molar-refractivity contribution in [3.8, 4) is 5.75 Å². The molecule has 0 unspecified atom stereocenters. The fourth-order valence-corrected chi connectivity index (χ4v) is 3.10. The lowest BCUT2D eigenvalue weighted by atomic mass is 10.0. The number of morpholine rings is 1. The lowest BCUT2D eigenvalue weighted by Crippen LogP contribution is -2.40. The van der Waals surface area contributed by atoms with Gasteiger partial charge in [-0.15, -0.1) is 0 Å². The van der Waals surface area contributed by atoms with E-state index in [0.717, 1.165) is 58.1 Å². The zero-order chi connectivity index (χ0) is 14.7. The predicted octanol–water partition coefficient (Wildman–Crippen LogP) is 1.82. The number of nitrogens with zero attached hydrogens (tertiary/aromatic N) is 1. The van der Waals surface area contributed by atoms with Crippen molar-refractivity contribution in [2.75, 3.05) is 39.4 Å². The minimum atomic E-state index is -0.0633. The van der Waals surface area contributed by atoms with Gasteiger partial charge in [0.15, 0.2) is 0 Å². The van der Waals surface area contributed by atoms with E-state index in [1.54, 1.807) is 0 Å². The molecule has 0 aromatic heterocycles. The van der Waals surface area contributed by atoms with Crippen LogP contribution in [0.4, 0.5) is 0 Å². The molecule has 2 aliphatic heterocycles. The molecule has 0 amide bonds. The van der Waals surface area contributed by atoms with E-state index in [1.807, 2.05) is 0 Å². The van der Waals surface area contributed by atoms with Gasteiger partial charge in [-0.1, -0.05) is 18.2 Å². The third-order valence-corrected chi connectivity index (χ3v) is 4.20. The second kappa shape index (κ2) is 6.34. The summed E-state index contributed by atoms with van der Waals surface area (Å²) < 4.78 is 11.5. The summed E-state index contributed by atoms with van der Waals surface area (Å²) in [7, 11) is 0. The second-order valence-electron chi connectivity index (χ2n) is 6.57. The molecule has 2 heterocycles. The summed E-state index contributed by atoms with van der Waals surface area (Å²) in [5.74, 6) is 1.10. The number of fused-ring (bicyclic) bond motifs is 1. The van der Waals surface area contributed by atoms with Crippen LogP contribution in [0, 0.1) is 0 Å². The molecule has 21 heavy (non-hydrogen) atoms. The lowest BCUT2D eigenvalue weighted by molar-refractivity contribution is 0.0384. The average molecular weight is 290 g/mol. The van der Waals surface area contributed by atoms with Crippen LogP contribution in [-0.4, -0.2) is 49.9 Å². The van der Waals surface area contributed by atoms with Gasteiger partial charge in [0.25, 0.3) is 0 Å². The zero-order valence-electron chi connectivity index (χ0n) is 13.2. The van der Waals surface area contributed by atoms with E-state index >= 15 is 0 Å². The Balaban J connectivity index is 1.49. The Morgan fingerprint density at radius 3 is 2.86 bits per heavy atom. The standard InChI is InChI=1S/C17H26N2O2/c1-17(2)12-14-4-3-5-15(16(14)21-17)13-18-6-7-19-8-10-20-11-9-19/h3-5,18H,6-13H2,1-2H3. The van der Waals surface area contributed by atoms with Gasteiger partial charge < -0.3 is 14.8 Å². The zero-order valence-corrected chi connectivity index (χ0v) is 13.2. The van der Waals surface area contributed by atoms with E-state index in [9.17, 15) is 0 Å².